The Kier molecular flexibility index (Phi) is 6.89. The van der Waals surface area contributed by atoms with Gasteiger partial charge in [0.2, 0.25) is 0 Å². The molecule has 0 fully saturated rings. The molecular weight excluding hydrogens is 204 g/mol. The largest absolute Gasteiger partial charge is 0.327 e. The first-order chi connectivity index (χ1) is 6.81. The lowest BCUT2D eigenvalue weighted by Gasteiger charge is -2.36. The molecule has 2 atom stereocenters. The summed E-state index contributed by atoms with van der Waals surface area (Å²) < 4.78 is 0. The Hall–Kier alpha value is 0.270. The van der Waals surface area contributed by atoms with Crippen molar-refractivity contribution in [2.75, 3.05) is 25.6 Å². The molecule has 0 aromatic carbocycles. The molecule has 0 aromatic heterocycles. The number of thioether (sulfide) groups is 1. The molecule has 3 heteroatoms. The van der Waals surface area contributed by atoms with Crippen LogP contribution in [-0.4, -0.2) is 42.6 Å². The normalized spacial score (nSPS) is 16.8. The number of nitrogens with two attached hydrogens (primary N) is 1. The molecule has 2 unspecified atom stereocenters. The van der Waals surface area contributed by atoms with Crippen LogP contribution in [0.4, 0.5) is 0 Å². The van der Waals surface area contributed by atoms with Crippen molar-refractivity contribution in [3.63, 3.8) is 0 Å². The molecule has 0 aliphatic rings. The molecule has 15 heavy (non-hydrogen) atoms. The second-order valence-electron chi connectivity index (χ2n) is 5.32. The topological polar surface area (TPSA) is 29.3 Å². The first-order valence-electron chi connectivity index (χ1n) is 5.76. The molecule has 0 saturated carbocycles. The minimum Gasteiger partial charge on any atom is -0.327 e. The van der Waals surface area contributed by atoms with Crippen LogP contribution in [0.25, 0.3) is 0 Å². The van der Waals surface area contributed by atoms with Gasteiger partial charge in [0.15, 0.2) is 0 Å². The average molecular weight is 232 g/mol. The Balaban J connectivity index is 4.05. The SMILES string of the molecule is CSCCC(C)N(C)CC(C)(C)C(C)N. The Morgan fingerprint density at radius 2 is 1.87 bits per heavy atom. The molecule has 2 N–H and O–H groups in total. The molecule has 0 spiro atoms. The van der Waals surface area contributed by atoms with Crippen molar-refractivity contribution in [2.24, 2.45) is 11.1 Å². The summed E-state index contributed by atoms with van der Waals surface area (Å²) in [6, 6.07) is 0.892. The fourth-order valence-corrected chi connectivity index (χ4v) is 2.03. The van der Waals surface area contributed by atoms with Gasteiger partial charge in [-0.05, 0) is 44.7 Å². The van der Waals surface area contributed by atoms with Crippen molar-refractivity contribution >= 4 is 11.8 Å². The highest BCUT2D eigenvalue weighted by molar-refractivity contribution is 7.98. The predicted octanol–water partition coefficient (Wildman–Crippen LogP) is 2.43. The Bertz CT molecular complexity index is 169. The molecule has 0 aliphatic carbocycles. The van der Waals surface area contributed by atoms with Crippen LogP contribution < -0.4 is 5.73 Å². The highest BCUT2D eigenvalue weighted by Crippen LogP contribution is 2.21. The van der Waals surface area contributed by atoms with Crippen molar-refractivity contribution < 1.29 is 0 Å². The van der Waals surface area contributed by atoms with Crippen molar-refractivity contribution in [3.8, 4) is 0 Å². The molecule has 0 aliphatic heterocycles. The molecule has 0 heterocycles. The van der Waals surface area contributed by atoms with E-state index in [0.717, 1.165) is 6.54 Å². The van der Waals surface area contributed by atoms with Crippen LogP contribution >= 0.6 is 11.8 Å². The molecule has 0 amide bonds. The third-order valence-electron chi connectivity index (χ3n) is 3.38. The monoisotopic (exact) mass is 232 g/mol. The van der Waals surface area contributed by atoms with Crippen molar-refractivity contribution in [3.05, 3.63) is 0 Å². The zero-order valence-corrected chi connectivity index (χ0v) is 12.0. The second-order valence-corrected chi connectivity index (χ2v) is 6.31. The quantitative estimate of drug-likeness (QED) is 0.731. The van der Waals surface area contributed by atoms with E-state index >= 15 is 0 Å². The zero-order chi connectivity index (χ0) is 12.1. The van der Waals surface area contributed by atoms with Crippen LogP contribution in [0.1, 0.15) is 34.1 Å². The van der Waals surface area contributed by atoms with Gasteiger partial charge in [-0.2, -0.15) is 11.8 Å². The van der Waals surface area contributed by atoms with Crippen LogP contribution in [0.3, 0.4) is 0 Å². The summed E-state index contributed by atoms with van der Waals surface area (Å²) in [5.74, 6) is 1.24. The van der Waals surface area contributed by atoms with E-state index in [0.29, 0.717) is 6.04 Å². The maximum atomic E-state index is 5.99. The van der Waals surface area contributed by atoms with Gasteiger partial charge in [0.05, 0.1) is 0 Å². The Morgan fingerprint density at radius 1 is 1.33 bits per heavy atom. The van der Waals surface area contributed by atoms with E-state index in [1.807, 2.05) is 11.8 Å². The summed E-state index contributed by atoms with van der Waals surface area (Å²) >= 11 is 1.92. The lowest BCUT2D eigenvalue weighted by atomic mass is 9.85. The van der Waals surface area contributed by atoms with Gasteiger partial charge in [-0.15, -0.1) is 0 Å². The second kappa shape index (κ2) is 6.77. The summed E-state index contributed by atoms with van der Waals surface area (Å²) in [7, 11) is 2.20. The average Bonchev–Trinajstić information content (AvgIpc) is 2.13. The highest BCUT2D eigenvalue weighted by atomic mass is 32.2. The van der Waals surface area contributed by atoms with Gasteiger partial charge in [0.25, 0.3) is 0 Å². The molecule has 0 radical (unpaired) electrons. The maximum Gasteiger partial charge on any atom is 0.00739 e. The van der Waals surface area contributed by atoms with E-state index in [4.69, 9.17) is 5.73 Å². The third kappa shape index (κ3) is 5.79. The predicted molar refractivity (Wildman–Crippen MR) is 72.5 cm³/mol. The Morgan fingerprint density at radius 3 is 2.27 bits per heavy atom. The van der Waals surface area contributed by atoms with Crippen LogP contribution in [0.2, 0.25) is 0 Å². The molecule has 0 saturated heterocycles. The minimum atomic E-state index is 0.197. The van der Waals surface area contributed by atoms with Gasteiger partial charge in [-0.1, -0.05) is 13.8 Å². The van der Waals surface area contributed by atoms with Gasteiger partial charge < -0.3 is 10.6 Å². The lowest BCUT2D eigenvalue weighted by molar-refractivity contribution is 0.148. The van der Waals surface area contributed by atoms with E-state index in [1.165, 1.54) is 12.2 Å². The fourth-order valence-electron chi connectivity index (χ4n) is 1.45. The number of rotatable bonds is 7. The first-order valence-corrected chi connectivity index (χ1v) is 7.15. The van der Waals surface area contributed by atoms with E-state index in [-0.39, 0.29) is 11.5 Å². The smallest absolute Gasteiger partial charge is 0.00739 e. The first kappa shape index (κ1) is 15.3. The molecule has 0 bridgehead atoms. The zero-order valence-electron chi connectivity index (χ0n) is 11.2. The third-order valence-corrected chi connectivity index (χ3v) is 4.03. The maximum absolute atomic E-state index is 5.99. The number of hydrogen-bond donors (Lipinski definition) is 1. The van der Waals surface area contributed by atoms with Crippen LogP contribution in [0.5, 0.6) is 0 Å². The summed E-state index contributed by atoms with van der Waals surface area (Å²) in [5.41, 5.74) is 6.18. The van der Waals surface area contributed by atoms with E-state index < -0.39 is 0 Å². The molecule has 92 valence electrons. The summed E-state index contributed by atoms with van der Waals surface area (Å²) in [4.78, 5) is 2.43. The number of nitrogens with zero attached hydrogens (tertiary/aromatic N) is 1. The molecule has 0 aromatic rings. The number of hydrogen-bond acceptors (Lipinski definition) is 3. The summed E-state index contributed by atoms with van der Waals surface area (Å²) in [6.45, 7) is 9.96. The van der Waals surface area contributed by atoms with Gasteiger partial charge in [-0.25, -0.2) is 0 Å². The molecule has 0 rings (SSSR count). The van der Waals surface area contributed by atoms with E-state index in [2.05, 4.69) is 45.9 Å². The van der Waals surface area contributed by atoms with Crippen LogP contribution in [0, 0.1) is 5.41 Å². The van der Waals surface area contributed by atoms with Crippen LogP contribution in [-0.2, 0) is 0 Å². The summed E-state index contributed by atoms with van der Waals surface area (Å²) in [6.07, 6.45) is 3.42. The summed E-state index contributed by atoms with van der Waals surface area (Å²) in [5, 5.41) is 0. The fraction of sp³-hybridized carbons (Fsp3) is 1.00. The molecular formula is C12H28N2S. The van der Waals surface area contributed by atoms with E-state index in [9.17, 15) is 0 Å². The highest BCUT2D eigenvalue weighted by Gasteiger charge is 2.25. The minimum absolute atomic E-state index is 0.197. The van der Waals surface area contributed by atoms with Crippen molar-refractivity contribution in [2.45, 2.75) is 46.2 Å². The van der Waals surface area contributed by atoms with Gasteiger partial charge in [-0.3, -0.25) is 0 Å². The van der Waals surface area contributed by atoms with Gasteiger partial charge in [0, 0.05) is 18.6 Å². The molecule has 2 nitrogen and oxygen atoms in total. The lowest BCUT2D eigenvalue weighted by Crippen LogP contribution is -2.45. The van der Waals surface area contributed by atoms with E-state index in [1.54, 1.807) is 0 Å². The van der Waals surface area contributed by atoms with Crippen LogP contribution in [0.15, 0.2) is 0 Å². The van der Waals surface area contributed by atoms with Crippen molar-refractivity contribution in [1.29, 1.82) is 0 Å². The van der Waals surface area contributed by atoms with Crippen molar-refractivity contribution in [1.82, 2.24) is 4.90 Å². The standard InChI is InChI=1S/C12H28N2S/c1-10(7-8-15-6)14(5)9-12(3,4)11(2)13/h10-11H,7-9,13H2,1-6H3. The van der Waals surface area contributed by atoms with Gasteiger partial charge in [0.1, 0.15) is 0 Å². The van der Waals surface area contributed by atoms with Gasteiger partial charge >= 0.3 is 0 Å². The Labute approximate surface area is 100.0 Å².